The second-order valence-electron chi connectivity index (χ2n) is 8.81. The summed E-state index contributed by atoms with van der Waals surface area (Å²) in [6.07, 6.45) is -4.39. The number of piperidine rings is 1. The van der Waals surface area contributed by atoms with Crippen molar-refractivity contribution >= 4 is 11.7 Å². The number of halogens is 3. The molecule has 33 heavy (non-hydrogen) atoms. The fourth-order valence-corrected chi connectivity index (χ4v) is 4.82. The molecule has 3 aromatic rings. The Bertz CT molecular complexity index is 1150. The van der Waals surface area contributed by atoms with Gasteiger partial charge in [0.2, 0.25) is 0 Å². The maximum Gasteiger partial charge on any atom is 0.416 e. The highest BCUT2D eigenvalue weighted by atomic mass is 19.4. The van der Waals surface area contributed by atoms with E-state index in [2.05, 4.69) is 66.1 Å². The third kappa shape index (κ3) is 4.33. The lowest BCUT2D eigenvalue weighted by atomic mass is 9.74. The Balaban J connectivity index is 1.21. The van der Waals surface area contributed by atoms with Crippen molar-refractivity contribution in [2.45, 2.75) is 31.1 Å². The molecule has 3 aromatic carbocycles. The Labute approximate surface area is 190 Å². The average molecular weight is 451 g/mol. The molecule has 0 radical (unpaired) electrons. The van der Waals surface area contributed by atoms with Crippen LogP contribution in [0.2, 0.25) is 0 Å². The lowest BCUT2D eigenvalue weighted by molar-refractivity contribution is -0.137. The third-order valence-corrected chi connectivity index (χ3v) is 6.53. The lowest BCUT2D eigenvalue weighted by Gasteiger charge is -2.54. The lowest BCUT2D eigenvalue weighted by Crippen LogP contribution is -2.72. The van der Waals surface area contributed by atoms with E-state index in [0.717, 1.165) is 12.1 Å². The normalized spacial score (nSPS) is 21.9. The number of fused-ring (bicyclic) bond motifs is 2. The zero-order valence-electron chi connectivity index (χ0n) is 18.1. The molecule has 2 N–H and O–H groups in total. The summed E-state index contributed by atoms with van der Waals surface area (Å²) in [5.74, 6) is 0.340. The van der Waals surface area contributed by atoms with Crippen LogP contribution in [0.1, 0.15) is 22.6 Å². The highest BCUT2D eigenvalue weighted by Crippen LogP contribution is 2.38. The van der Waals surface area contributed by atoms with Crippen LogP contribution in [0.15, 0.2) is 72.8 Å². The van der Waals surface area contributed by atoms with Gasteiger partial charge in [0.1, 0.15) is 0 Å². The summed E-state index contributed by atoms with van der Waals surface area (Å²) in [6.45, 7) is 3.18. The minimum absolute atomic E-state index is 0.159. The summed E-state index contributed by atoms with van der Waals surface area (Å²) in [5.41, 5.74) is 4.47. The van der Waals surface area contributed by atoms with Crippen molar-refractivity contribution in [2.75, 3.05) is 18.4 Å². The number of anilines is 1. The first kappa shape index (κ1) is 21.5. The van der Waals surface area contributed by atoms with Crippen LogP contribution in [-0.4, -0.2) is 36.1 Å². The molecule has 0 spiro atoms. The van der Waals surface area contributed by atoms with Crippen LogP contribution in [0.5, 0.6) is 0 Å². The standard InChI is InChI=1S/C26H24F3N3O/c1-16-3-2-4-19(13-16)17-5-7-18(8-6-17)24-22-14-32(15-23(24)31-22)25(33)30-21-11-9-20(10-12-21)26(27,28)29/h2-13,22-24,31H,14-15H2,1H3,(H,30,33)/t22-,23+,24?. The molecule has 0 aliphatic carbocycles. The molecule has 3 atom stereocenters. The van der Waals surface area contributed by atoms with Gasteiger partial charge in [-0.2, -0.15) is 13.2 Å². The van der Waals surface area contributed by atoms with Gasteiger partial charge in [0.05, 0.1) is 5.56 Å². The van der Waals surface area contributed by atoms with E-state index in [-0.39, 0.29) is 18.1 Å². The second kappa shape index (κ2) is 8.23. The Morgan fingerprint density at radius 1 is 0.939 bits per heavy atom. The number of carbonyl (C=O) groups is 1. The van der Waals surface area contributed by atoms with E-state index in [9.17, 15) is 18.0 Å². The monoisotopic (exact) mass is 451 g/mol. The molecule has 0 aromatic heterocycles. The van der Waals surface area contributed by atoms with Crippen molar-refractivity contribution in [3.05, 3.63) is 89.5 Å². The van der Waals surface area contributed by atoms with Crippen LogP contribution in [-0.2, 0) is 6.18 Å². The van der Waals surface area contributed by atoms with Crippen LogP contribution in [0.25, 0.3) is 11.1 Å². The molecule has 0 saturated carbocycles. The summed E-state index contributed by atoms with van der Waals surface area (Å²) >= 11 is 0. The summed E-state index contributed by atoms with van der Waals surface area (Å²) in [5, 5.41) is 6.22. The Morgan fingerprint density at radius 3 is 2.21 bits per heavy atom. The number of rotatable bonds is 3. The number of aryl methyl sites for hydroxylation is 1. The number of piperazine rings is 1. The van der Waals surface area contributed by atoms with E-state index in [4.69, 9.17) is 0 Å². The molecule has 2 amide bonds. The van der Waals surface area contributed by atoms with E-state index < -0.39 is 11.7 Å². The first-order valence-corrected chi connectivity index (χ1v) is 10.9. The molecule has 1 unspecified atom stereocenters. The number of nitrogens with one attached hydrogen (secondary N) is 2. The van der Waals surface area contributed by atoms with Gasteiger partial charge in [-0.25, -0.2) is 4.79 Å². The number of nitrogens with zero attached hydrogens (tertiary/aromatic N) is 1. The molecule has 170 valence electrons. The van der Waals surface area contributed by atoms with Gasteiger partial charge in [-0.15, -0.1) is 0 Å². The fourth-order valence-electron chi connectivity index (χ4n) is 4.82. The van der Waals surface area contributed by atoms with Crippen molar-refractivity contribution in [2.24, 2.45) is 0 Å². The maximum atomic E-state index is 12.7. The Morgan fingerprint density at radius 2 is 1.61 bits per heavy atom. The summed E-state index contributed by atoms with van der Waals surface area (Å²) in [4.78, 5) is 14.4. The van der Waals surface area contributed by atoms with Gasteiger partial charge in [0.25, 0.3) is 0 Å². The summed E-state index contributed by atoms with van der Waals surface area (Å²) in [7, 11) is 0. The molecule has 2 bridgehead atoms. The van der Waals surface area contributed by atoms with E-state index >= 15 is 0 Å². The van der Waals surface area contributed by atoms with Gasteiger partial charge >= 0.3 is 12.2 Å². The third-order valence-electron chi connectivity index (χ3n) is 6.53. The second-order valence-corrected chi connectivity index (χ2v) is 8.81. The molecule has 3 aliphatic rings. The van der Waals surface area contributed by atoms with Crippen molar-refractivity contribution in [1.82, 2.24) is 10.2 Å². The van der Waals surface area contributed by atoms with Crippen LogP contribution >= 0.6 is 0 Å². The van der Waals surface area contributed by atoms with Gasteiger partial charge in [-0.05, 0) is 47.9 Å². The largest absolute Gasteiger partial charge is 0.416 e. The topological polar surface area (TPSA) is 44.4 Å². The Kier molecular flexibility index (Phi) is 5.37. The van der Waals surface area contributed by atoms with E-state index in [1.165, 1.54) is 34.4 Å². The maximum absolute atomic E-state index is 12.7. The predicted molar refractivity (Wildman–Crippen MR) is 122 cm³/mol. The van der Waals surface area contributed by atoms with Crippen LogP contribution in [0.4, 0.5) is 23.7 Å². The zero-order chi connectivity index (χ0) is 23.2. The van der Waals surface area contributed by atoms with E-state index in [1.807, 2.05) is 0 Å². The molecule has 3 fully saturated rings. The minimum atomic E-state index is -4.39. The number of urea groups is 1. The number of amides is 2. The van der Waals surface area contributed by atoms with Crippen LogP contribution < -0.4 is 10.6 Å². The van der Waals surface area contributed by atoms with Crippen LogP contribution in [0.3, 0.4) is 0 Å². The molecule has 3 heterocycles. The predicted octanol–water partition coefficient (Wildman–Crippen LogP) is 5.65. The van der Waals surface area contributed by atoms with Crippen LogP contribution in [0, 0.1) is 6.92 Å². The fraction of sp³-hybridized carbons (Fsp3) is 0.269. The highest BCUT2D eigenvalue weighted by Gasteiger charge is 2.48. The quantitative estimate of drug-likeness (QED) is 0.540. The SMILES string of the molecule is Cc1cccc(-c2ccc(C3[C@@H]4CN(C(=O)Nc5ccc(C(F)(F)F)cc5)C[C@H]3N4)cc2)c1. The van der Waals surface area contributed by atoms with Crippen molar-refractivity contribution in [3.8, 4) is 11.1 Å². The van der Waals surface area contributed by atoms with Crippen molar-refractivity contribution in [1.29, 1.82) is 0 Å². The molecular weight excluding hydrogens is 427 g/mol. The molecular formula is C26H24F3N3O. The molecule has 3 aliphatic heterocycles. The number of carbonyl (C=O) groups excluding carboxylic acids is 1. The molecule has 3 saturated heterocycles. The zero-order valence-corrected chi connectivity index (χ0v) is 18.1. The number of alkyl halides is 3. The van der Waals surface area contributed by atoms with Crippen molar-refractivity contribution < 1.29 is 18.0 Å². The van der Waals surface area contributed by atoms with Gasteiger partial charge in [0, 0.05) is 36.8 Å². The summed E-state index contributed by atoms with van der Waals surface area (Å²) < 4.78 is 38.2. The van der Waals surface area contributed by atoms with E-state index in [1.54, 1.807) is 4.90 Å². The number of hydrogen-bond acceptors (Lipinski definition) is 2. The number of benzene rings is 3. The van der Waals surface area contributed by atoms with Gasteiger partial charge in [0.15, 0.2) is 0 Å². The molecule has 4 nitrogen and oxygen atoms in total. The molecule has 6 rings (SSSR count). The van der Waals surface area contributed by atoms with E-state index in [0.29, 0.717) is 24.7 Å². The average Bonchev–Trinajstić information content (AvgIpc) is 2.79. The first-order valence-electron chi connectivity index (χ1n) is 10.9. The first-order chi connectivity index (χ1) is 15.8. The van der Waals surface area contributed by atoms with Gasteiger partial charge < -0.3 is 15.5 Å². The summed E-state index contributed by atoms with van der Waals surface area (Å²) in [6, 6.07) is 21.6. The molecule has 7 heteroatoms. The van der Waals surface area contributed by atoms with Crippen molar-refractivity contribution in [3.63, 3.8) is 0 Å². The van der Waals surface area contributed by atoms with Gasteiger partial charge in [-0.1, -0.05) is 54.1 Å². The minimum Gasteiger partial charge on any atom is -0.321 e. The smallest absolute Gasteiger partial charge is 0.321 e. The van der Waals surface area contributed by atoms with Gasteiger partial charge in [-0.3, -0.25) is 0 Å². The highest BCUT2D eigenvalue weighted by molar-refractivity contribution is 5.89. The Hall–Kier alpha value is -3.32. The number of hydrogen-bond donors (Lipinski definition) is 2.